The van der Waals surface area contributed by atoms with E-state index in [1.807, 2.05) is 54.8 Å². The van der Waals surface area contributed by atoms with Crippen LogP contribution in [0, 0.1) is 5.41 Å². The summed E-state index contributed by atoms with van der Waals surface area (Å²) in [5.74, 6) is 0.00950. The highest BCUT2D eigenvalue weighted by molar-refractivity contribution is 8.13. The number of thiophene rings is 1. The standard InChI is InChI=1S/C25H32N2O4S2/c1-3-31-20-11-13-25(14-12-20,17-33-18(2)28)24(30)27-22(16-21-10-7-15-32-21)23(29)26-19-8-5-4-6-9-19/h4-10,15,20,22H,3,11-14,16-17H2,1-2H3,(H,26,29)(H,27,30)/t20?,22-,25?/m0/s1. The molecule has 1 fully saturated rings. The fourth-order valence-electron chi connectivity index (χ4n) is 4.12. The van der Waals surface area contributed by atoms with Crippen LogP contribution < -0.4 is 10.6 Å². The van der Waals surface area contributed by atoms with Gasteiger partial charge in [-0.05, 0) is 56.2 Å². The molecule has 178 valence electrons. The van der Waals surface area contributed by atoms with Gasteiger partial charge in [0.2, 0.25) is 11.8 Å². The number of hydrogen-bond donors (Lipinski definition) is 2. The Bertz CT molecular complexity index is 910. The van der Waals surface area contributed by atoms with Gasteiger partial charge in [-0.3, -0.25) is 14.4 Å². The number of carbonyl (C=O) groups excluding carboxylic acids is 3. The molecule has 0 aliphatic heterocycles. The fraction of sp³-hybridized carbons (Fsp3) is 0.480. The summed E-state index contributed by atoms with van der Waals surface area (Å²) in [6.07, 6.45) is 3.36. The summed E-state index contributed by atoms with van der Waals surface area (Å²) < 4.78 is 5.77. The SMILES string of the molecule is CCOC1CCC(CSC(C)=O)(C(=O)N[C@@H](Cc2cccs2)C(=O)Nc2ccccc2)CC1. The number of hydrogen-bond acceptors (Lipinski definition) is 6. The molecule has 1 heterocycles. The summed E-state index contributed by atoms with van der Waals surface area (Å²) in [7, 11) is 0. The molecule has 1 saturated carbocycles. The van der Waals surface area contributed by atoms with Crippen molar-refractivity contribution in [2.24, 2.45) is 5.41 Å². The monoisotopic (exact) mass is 488 g/mol. The third-order valence-electron chi connectivity index (χ3n) is 5.97. The van der Waals surface area contributed by atoms with Gasteiger partial charge in [0, 0.05) is 36.3 Å². The third-order valence-corrected chi connectivity index (χ3v) is 7.98. The van der Waals surface area contributed by atoms with Gasteiger partial charge in [0.25, 0.3) is 0 Å². The zero-order valence-electron chi connectivity index (χ0n) is 19.2. The molecule has 1 atom stereocenters. The average Bonchev–Trinajstić information content (AvgIpc) is 3.32. The molecule has 2 aromatic rings. The van der Waals surface area contributed by atoms with E-state index >= 15 is 0 Å². The molecule has 0 bridgehead atoms. The number of rotatable bonds is 10. The minimum absolute atomic E-state index is 0.00828. The van der Waals surface area contributed by atoms with E-state index in [0.717, 1.165) is 17.7 Å². The third kappa shape index (κ3) is 7.42. The van der Waals surface area contributed by atoms with Crippen LogP contribution in [0.5, 0.6) is 0 Å². The van der Waals surface area contributed by atoms with Gasteiger partial charge in [-0.1, -0.05) is 36.0 Å². The normalized spacial score (nSPS) is 21.2. The molecule has 0 spiro atoms. The van der Waals surface area contributed by atoms with Crippen LogP contribution in [0.3, 0.4) is 0 Å². The lowest BCUT2D eigenvalue weighted by molar-refractivity contribution is -0.136. The Balaban J connectivity index is 1.76. The molecule has 2 amide bonds. The van der Waals surface area contributed by atoms with Crippen LogP contribution in [0.2, 0.25) is 0 Å². The van der Waals surface area contributed by atoms with Crippen LogP contribution in [0.4, 0.5) is 5.69 Å². The van der Waals surface area contributed by atoms with E-state index in [4.69, 9.17) is 4.74 Å². The van der Waals surface area contributed by atoms with Gasteiger partial charge >= 0.3 is 0 Å². The number of ether oxygens (including phenoxy) is 1. The number of para-hydroxylation sites is 1. The van der Waals surface area contributed by atoms with Gasteiger partial charge in [-0.15, -0.1) is 11.3 Å². The Morgan fingerprint density at radius 2 is 1.88 bits per heavy atom. The predicted octanol–water partition coefficient (Wildman–Crippen LogP) is 4.66. The van der Waals surface area contributed by atoms with Gasteiger partial charge in [-0.25, -0.2) is 0 Å². The fourth-order valence-corrected chi connectivity index (χ4v) is 5.78. The molecule has 0 radical (unpaired) electrons. The first-order chi connectivity index (χ1) is 15.9. The topological polar surface area (TPSA) is 84.5 Å². The van der Waals surface area contributed by atoms with Crippen molar-refractivity contribution in [3.8, 4) is 0 Å². The molecule has 8 heteroatoms. The zero-order chi connectivity index (χ0) is 23.7. The number of anilines is 1. The minimum atomic E-state index is -0.708. The first-order valence-corrected chi connectivity index (χ1v) is 13.2. The molecule has 6 nitrogen and oxygen atoms in total. The maximum absolute atomic E-state index is 13.6. The predicted molar refractivity (Wildman–Crippen MR) is 134 cm³/mol. The molecule has 1 aliphatic carbocycles. The highest BCUT2D eigenvalue weighted by atomic mass is 32.2. The van der Waals surface area contributed by atoms with Crippen LogP contribution >= 0.6 is 23.1 Å². The quantitative estimate of drug-likeness (QED) is 0.508. The first kappa shape index (κ1) is 25.5. The van der Waals surface area contributed by atoms with E-state index in [2.05, 4.69) is 10.6 Å². The number of thioether (sulfide) groups is 1. The van der Waals surface area contributed by atoms with Gasteiger partial charge in [-0.2, -0.15) is 0 Å². The van der Waals surface area contributed by atoms with Crippen molar-refractivity contribution < 1.29 is 19.1 Å². The summed E-state index contributed by atoms with van der Waals surface area (Å²) in [5, 5.41) is 7.92. The number of amides is 2. The van der Waals surface area contributed by atoms with Crippen LogP contribution in [0.1, 0.15) is 44.4 Å². The summed E-state index contributed by atoms with van der Waals surface area (Å²) in [6.45, 7) is 4.14. The molecule has 0 unspecified atom stereocenters. The minimum Gasteiger partial charge on any atom is -0.379 e. The molecule has 3 rings (SSSR count). The Hall–Kier alpha value is -2.16. The van der Waals surface area contributed by atoms with E-state index in [-0.39, 0.29) is 23.0 Å². The lowest BCUT2D eigenvalue weighted by Crippen LogP contribution is -2.53. The van der Waals surface area contributed by atoms with E-state index in [1.165, 1.54) is 18.7 Å². The maximum Gasteiger partial charge on any atom is 0.247 e. The molecule has 33 heavy (non-hydrogen) atoms. The van der Waals surface area contributed by atoms with Gasteiger partial charge in [0.1, 0.15) is 6.04 Å². The van der Waals surface area contributed by atoms with E-state index in [1.54, 1.807) is 11.3 Å². The van der Waals surface area contributed by atoms with Crippen molar-refractivity contribution in [3.05, 3.63) is 52.7 Å². The highest BCUT2D eigenvalue weighted by Crippen LogP contribution is 2.40. The maximum atomic E-state index is 13.6. The Labute approximate surface area is 203 Å². The average molecular weight is 489 g/mol. The van der Waals surface area contributed by atoms with E-state index in [0.29, 0.717) is 37.3 Å². The lowest BCUT2D eigenvalue weighted by Gasteiger charge is -2.39. The van der Waals surface area contributed by atoms with Crippen molar-refractivity contribution in [2.75, 3.05) is 17.7 Å². The zero-order valence-corrected chi connectivity index (χ0v) is 20.8. The molecule has 1 aromatic heterocycles. The lowest BCUT2D eigenvalue weighted by atomic mass is 9.73. The van der Waals surface area contributed by atoms with Crippen molar-refractivity contribution in [1.29, 1.82) is 0 Å². The summed E-state index contributed by atoms with van der Waals surface area (Å²) in [5.41, 5.74) is -0.00278. The summed E-state index contributed by atoms with van der Waals surface area (Å²) in [4.78, 5) is 39.5. The van der Waals surface area contributed by atoms with E-state index in [9.17, 15) is 14.4 Å². The second-order valence-electron chi connectivity index (χ2n) is 8.38. The molecule has 0 saturated heterocycles. The number of benzene rings is 1. The molecule has 1 aliphatic rings. The van der Waals surface area contributed by atoms with Crippen LogP contribution in [0.15, 0.2) is 47.8 Å². The van der Waals surface area contributed by atoms with Crippen LogP contribution in [-0.4, -0.2) is 41.4 Å². The molecule has 2 N–H and O–H groups in total. The smallest absolute Gasteiger partial charge is 0.247 e. The number of nitrogens with one attached hydrogen (secondary N) is 2. The molecule has 1 aromatic carbocycles. The summed E-state index contributed by atoms with van der Waals surface area (Å²) >= 11 is 2.74. The van der Waals surface area contributed by atoms with Crippen LogP contribution in [-0.2, 0) is 25.5 Å². The Morgan fingerprint density at radius 1 is 1.15 bits per heavy atom. The molecular weight excluding hydrogens is 456 g/mol. The highest BCUT2D eigenvalue weighted by Gasteiger charge is 2.43. The van der Waals surface area contributed by atoms with Gasteiger partial charge < -0.3 is 15.4 Å². The van der Waals surface area contributed by atoms with Crippen molar-refractivity contribution in [1.82, 2.24) is 5.32 Å². The largest absolute Gasteiger partial charge is 0.379 e. The van der Waals surface area contributed by atoms with Gasteiger partial charge in [0.05, 0.1) is 11.5 Å². The van der Waals surface area contributed by atoms with Crippen molar-refractivity contribution >= 4 is 45.7 Å². The van der Waals surface area contributed by atoms with Crippen LogP contribution in [0.25, 0.3) is 0 Å². The first-order valence-electron chi connectivity index (χ1n) is 11.4. The summed E-state index contributed by atoms with van der Waals surface area (Å²) in [6, 6.07) is 12.4. The second-order valence-corrected chi connectivity index (χ2v) is 10.6. The Kier molecular flexibility index (Phi) is 9.52. The van der Waals surface area contributed by atoms with Crippen molar-refractivity contribution in [3.63, 3.8) is 0 Å². The van der Waals surface area contributed by atoms with Crippen molar-refractivity contribution in [2.45, 2.75) is 58.1 Å². The van der Waals surface area contributed by atoms with E-state index < -0.39 is 11.5 Å². The second kappa shape index (κ2) is 12.3. The number of carbonyl (C=O) groups is 3. The van der Waals surface area contributed by atoms with Gasteiger partial charge in [0.15, 0.2) is 5.12 Å². The Morgan fingerprint density at radius 3 is 2.48 bits per heavy atom. The molecular formula is C25H32N2O4S2.